The van der Waals surface area contributed by atoms with Crippen molar-refractivity contribution in [3.8, 4) is 0 Å². The maximum Gasteiger partial charge on any atom is 0.261 e. The number of nitrogens with one attached hydrogen (secondary N) is 2. The Labute approximate surface area is 125 Å². The van der Waals surface area contributed by atoms with Gasteiger partial charge in [0.1, 0.15) is 12.2 Å². The molecule has 6 nitrogen and oxygen atoms in total. The number of nitrogens with zero attached hydrogens (tertiary/aromatic N) is 2. The summed E-state index contributed by atoms with van der Waals surface area (Å²) < 4.78 is 1.07. The molecule has 0 saturated heterocycles. The second-order valence-corrected chi connectivity index (χ2v) is 5.78. The average Bonchev–Trinajstić information content (AvgIpc) is 3.11. The van der Waals surface area contributed by atoms with E-state index in [4.69, 9.17) is 5.73 Å². The first kappa shape index (κ1) is 13.6. The minimum atomic E-state index is -0.0488. The lowest BCUT2D eigenvalue weighted by Crippen LogP contribution is -2.23. The van der Waals surface area contributed by atoms with Gasteiger partial charge in [0.05, 0.1) is 4.88 Å². The molecule has 108 valence electrons. The Morgan fingerprint density at radius 2 is 2.29 bits per heavy atom. The number of benzene rings is 1. The Morgan fingerprint density at radius 1 is 1.38 bits per heavy atom. The van der Waals surface area contributed by atoms with Crippen LogP contribution in [0.15, 0.2) is 30.6 Å². The van der Waals surface area contributed by atoms with Crippen LogP contribution in [0.4, 0.5) is 5.69 Å². The van der Waals surface area contributed by atoms with Gasteiger partial charge in [0.2, 0.25) is 0 Å². The number of H-pyrrole nitrogens is 1. The van der Waals surface area contributed by atoms with Gasteiger partial charge in [0, 0.05) is 23.4 Å². The molecule has 4 N–H and O–H groups in total. The van der Waals surface area contributed by atoms with Crippen LogP contribution in [0.1, 0.15) is 21.9 Å². The number of carbonyl (C=O) groups excluding carboxylic acids is 1. The smallest absolute Gasteiger partial charge is 0.261 e. The molecule has 0 aliphatic rings. The molecule has 0 atom stereocenters. The normalized spacial score (nSPS) is 10.9. The van der Waals surface area contributed by atoms with Crippen molar-refractivity contribution in [2.75, 3.05) is 12.3 Å². The molecular formula is C14H15N5OS. The molecule has 3 aromatic rings. The first-order chi connectivity index (χ1) is 10.2. The van der Waals surface area contributed by atoms with Gasteiger partial charge in [-0.1, -0.05) is 0 Å². The van der Waals surface area contributed by atoms with Gasteiger partial charge in [-0.2, -0.15) is 5.10 Å². The van der Waals surface area contributed by atoms with Crippen LogP contribution in [0.5, 0.6) is 0 Å². The van der Waals surface area contributed by atoms with Crippen LogP contribution >= 0.6 is 11.3 Å². The monoisotopic (exact) mass is 301 g/mol. The standard InChI is InChI=1S/C14H15N5OS/c15-10-3-4-11-9(6-10)7-12(21-11)14(20)16-5-1-2-13-17-8-18-19-13/h3-4,6-8H,1-2,5,15H2,(H,16,20)(H,17,18,19). The lowest BCUT2D eigenvalue weighted by Gasteiger charge is -2.01. The molecule has 3 rings (SSSR count). The number of aryl methyl sites for hydroxylation is 1. The maximum atomic E-state index is 12.1. The zero-order valence-electron chi connectivity index (χ0n) is 11.3. The summed E-state index contributed by atoms with van der Waals surface area (Å²) in [5.41, 5.74) is 6.45. The fourth-order valence-electron chi connectivity index (χ4n) is 2.07. The minimum Gasteiger partial charge on any atom is -0.399 e. The third kappa shape index (κ3) is 3.19. The van der Waals surface area contributed by atoms with E-state index in [2.05, 4.69) is 20.5 Å². The summed E-state index contributed by atoms with van der Waals surface area (Å²) in [6, 6.07) is 7.54. The summed E-state index contributed by atoms with van der Waals surface area (Å²) in [6.45, 7) is 0.607. The molecule has 0 aliphatic heterocycles. The first-order valence-electron chi connectivity index (χ1n) is 6.64. The summed E-state index contributed by atoms with van der Waals surface area (Å²) in [5, 5.41) is 10.5. The Kier molecular flexibility index (Phi) is 3.83. The highest BCUT2D eigenvalue weighted by Gasteiger charge is 2.09. The highest BCUT2D eigenvalue weighted by molar-refractivity contribution is 7.20. The zero-order valence-corrected chi connectivity index (χ0v) is 12.1. The third-order valence-corrected chi connectivity index (χ3v) is 4.22. The number of thiophene rings is 1. The number of aromatic amines is 1. The van der Waals surface area contributed by atoms with E-state index in [1.54, 1.807) is 0 Å². The van der Waals surface area contributed by atoms with E-state index in [1.165, 1.54) is 17.7 Å². The second-order valence-electron chi connectivity index (χ2n) is 4.70. The summed E-state index contributed by atoms with van der Waals surface area (Å²) in [6.07, 6.45) is 3.07. The Bertz CT molecular complexity index is 750. The highest BCUT2D eigenvalue weighted by atomic mass is 32.1. The van der Waals surface area contributed by atoms with E-state index < -0.39 is 0 Å². The number of carbonyl (C=O) groups is 1. The van der Waals surface area contributed by atoms with Gasteiger partial charge < -0.3 is 11.1 Å². The molecule has 0 fully saturated rings. The highest BCUT2D eigenvalue weighted by Crippen LogP contribution is 2.27. The topological polar surface area (TPSA) is 96.7 Å². The molecule has 0 spiro atoms. The molecule has 0 bridgehead atoms. The van der Waals surface area contributed by atoms with Crippen molar-refractivity contribution in [3.63, 3.8) is 0 Å². The molecule has 1 aromatic carbocycles. The Hall–Kier alpha value is -2.41. The molecule has 7 heteroatoms. The molecule has 0 saturated carbocycles. The molecule has 21 heavy (non-hydrogen) atoms. The van der Waals surface area contributed by atoms with Crippen LogP contribution in [0.3, 0.4) is 0 Å². The summed E-state index contributed by atoms with van der Waals surface area (Å²) >= 11 is 1.47. The number of anilines is 1. The van der Waals surface area contributed by atoms with Gasteiger partial charge in [-0.25, -0.2) is 4.98 Å². The number of hydrogen-bond acceptors (Lipinski definition) is 5. The van der Waals surface area contributed by atoms with Crippen molar-refractivity contribution in [2.24, 2.45) is 0 Å². The summed E-state index contributed by atoms with van der Waals surface area (Å²) in [4.78, 5) is 16.8. The van der Waals surface area contributed by atoms with E-state index in [9.17, 15) is 4.79 Å². The fourth-order valence-corrected chi connectivity index (χ4v) is 3.03. The van der Waals surface area contributed by atoms with Crippen LogP contribution in [0.2, 0.25) is 0 Å². The van der Waals surface area contributed by atoms with Crippen molar-refractivity contribution in [2.45, 2.75) is 12.8 Å². The fraction of sp³-hybridized carbons (Fsp3) is 0.214. The molecular weight excluding hydrogens is 286 g/mol. The number of rotatable bonds is 5. The number of aromatic nitrogens is 3. The predicted molar refractivity (Wildman–Crippen MR) is 83.3 cm³/mol. The molecule has 0 unspecified atom stereocenters. The van der Waals surface area contributed by atoms with Crippen molar-refractivity contribution in [1.29, 1.82) is 0 Å². The average molecular weight is 301 g/mol. The molecule has 2 aromatic heterocycles. The molecule has 1 amide bonds. The number of nitrogens with two attached hydrogens (primary N) is 1. The van der Waals surface area contributed by atoms with Gasteiger partial charge >= 0.3 is 0 Å². The van der Waals surface area contributed by atoms with Gasteiger partial charge in [0.25, 0.3) is 5.91 Å². The van der Waals surface area contributed by atoms with Gasteiger partial charge in [-0.15, -0.1) is 11.3 Å². The predicted octanol–water partition coefficient (Wildman–Crippen LogP) is 1.96. The maximum absolute atomic E-state index is 12.1. The molecule has 2 heterocycles. The Morgan fingerprint density at radius 3 is 3.10 bits per heavy atom. The largest absolute Gasteiger partial charge is 0.399 e. The number of fused-ring (bicyclic) bond motifs is 1. The van der Waals surface area contributed by atoms with Crippen molar-refractivity contribution in [3.05, 3.63) is 41.3 Å². The van der Waals surface area contributed by atoms with E-state index in [0.29, 0.717) is 17.1 Å². The van der Waals surface area contributed by atoms with Gasteiger partial charge in [0.15, 0.2) is 0 Å². The zero-order chi connectivity index (χ0) is 14.7. The Balaban J connectivity index is 1.56. The van der Waals surface area contributed by atoms with E-state index in [1.807, 2.05) is 24.3 Å². The van der Waals surface area contributed by atoms with Gasteiger partial charge in [-0.05, 0) is 36.1 Å². The quantitative estimate of drug-likeness (QED) is 0.496. The van der Waals surface area contributed by atoms with E-state index in [0.717, 1.165) is 28.8 Å². The number of hydrogen-bond donors (Lipinski definition) is 3. The SMILES string of the molecule is Nc1ccc2sc(C(=O)NCCCc3ncn[nH]3)cc2c1. The number of nitrogen functional groups attached to an aromatic ring is 1. The lowest BCUT2D eigenvalue weighted by molar-refractivity contribution is 0.0957. The molecule has 0 radical (unpaired) electrons. The minimum absolute atomic E-state index is 0.0488. The molecule has 0 aliphatic carbocycles. The van der Waals surface area contributed by atoms with Gasteiger partial charge in [-0.3, -0.25) is 9.89 Å². The van der Waals surface area contributed by atoms with E-state index in [-0.39, 0.29) is 5.91 Å². The third-order valence-electron chi connectivity index (χ3n) is 3.10. The van der Waals surface area contributed by atoms with Crippen LogP contribution in [-0.2, 0) is 6.42 Å². The van der Waals surface area contributed by atoms with E-state index >= 15 is 0 Å². The number of amides is 1. The van der Waals surface area contributed by atoms with Crippen molar-refractivity contribution in [1.82, 2.24) is 20.5 Å². The van der Waals surface area contributed by atoms with Crippen LogP contribution in [0.25, 0.3) is 10.1 Å². The summed E-state index contributed by atoms with van der Waals surface area (Å²) in [5.74, 6) is 0.786. The van der Waals surface area contributed by atoms with Crippen molar-refractivity contribution >= 4 is 33.0 Å². The summed E-state index contributed by atoms with van der Waals surface area (Å²) in [7, 11) is 0. The van der Waals surface area contributed by atoms with Crippen LogP contribution in [-0.4, -0.2) is 27.6 Å². The first-order valence-corrected chi connectivity index (χ1v) is 7.45. The van der Waals surface area contributed by atoms with Crippen molar-refractivity contribution < 1.29 is 4.79 Å². The van der Waals surface area contributed by atoms with Crippen LogP contribution in [0, 0.1) is 0 Å². The second kappa shape index (κ2) is 5.92. The van der Waals surface area contributed by atoms with Crippen LogP contribution < -0.4 is 11.1 Å². The lowest BCUT2D eigenvalue weighted by atomic mass is 10.2.